The SMILES string of the molecule is CC(C)C(NC(=O)CNC(=O)C(N)Cc1c[nH]c2ccccc12)C(=O)NC(Cc1ccccc1)C(=O)O. The number of carbonyl (C=O) groups excluding carboxylic acids is 3. The Balaban J connectivity index is 1.52. The van der Waals surface area contributed by atoms with Gasteiger partial charge in [-0.1, -0.05) is 62.4 Å². The van der Waals surface area contributed by atoms with E-state index in [-0.39, 0.29) is 25.3 Å². The zero-order valence-electron chi connectivity index (χ0n) is 20.9. The van der Waals surface area contributed by atoms with Gasteiger partial charge in [0.2, 0.25) is 17.7 Å². The molecule has 0 radical (unpaired) electrons. The first-order valence-electron chi connectivity index (χ1n) is 12.1. The first kappa shape index (κ1) is 27.4. The summed E-state index contributed by atoms with van der Waals surface area (Å²) in [6, 6.07) is 13.6. The lowest BCUT2D eigenvalue weighted by molar-refractivity contribution is -0.142. The molecular formula is C27H33N5O5. The minimum atomic E-state index is -1.18. The fraction of sp³-hybridized carbons (Fsp3) is 0.333. The Hall–Kier alpha value is -4.18. The molecule has 3 amide bonds. The molecule has 0 aliphatic rings. The molecule has 0 bridgehead atoms. The molecule has 0 saturated carbocycles. The Kier molecular flexibility index (Phi) is 9.39. The normalized spacial score (nSPS) is 13.5. The number of nitrogens with two attached hydrogens (primary N) is 1. The molecule has 2 aromatic carbocycles. The van der Waals surface area contributed by atoms with E-state index >= 15 is 0 Å². The zero-order chi connectivity index (χ0) is 26.9. The second kappa shape index (κ2) is 12.7. The average molecular weight is 508 g/mol. The van der Waals surface area contributed by atoms with Crippen molar-refractivity contribution in [1.29, 1.82) is 0 Å². The van der Waals surface area contributed by atoms with Crippen molar-refractivity contribution in [3.63, 3.8) is 0 Å². The van der Waals surface area contributed by atoms with E-state index in [0.717, 1.165) is 22.0 Å². The van der Waals surface area contributed by atoms with Crippen LogP contribution in [0.4, 0.5) is 0 Å². The smallest absolute Gasteiger partial charge is 0.326 e. The second-order valence-corrected chi connectivity index (χ2v) is 9.27. The highest BCUT2D eigenvalue weighted by molar-refractivity contribution is 5.93. The van der Waals surface area contributed by atoms with E-state index in [1.54, 1.807) is 44.3 Å². The van der Waals surface area contributed by atoms with E-state index in [0.29, 0.717) is 0 Å². The highest BCUT2D eigenvalue weighted by Gasteiger charge is 2.29. The number of H-pyrrole nitrogens is 1. The summed E-state index contributed by atoms with van der Waals surface area (Å²) in [7, 11) is 0. The monoisotopic (exact) mass is 507 g/mol. The molecule has 0 saturated heterocycles. The molecule has 0 fully saturated rings. The van der Waals surface area contributed by atoms with Gasteiger partial charge in [0.25, 0.3) is 0 Å². The Morgan fingerprint density at radius 2 is 1.59 bits per heavy atom. The topological polar surface area (TPSA) is 166 Å². The number of carboxylic acid groups (broad SMARTS) is 1. The predicted octanol–water partition coefficient (Wildman–Crippen LogP) is 1.11. The maximum Gasteiger partial charge on any atom is 0.326 e. The Bertz CT molecular complexity index is 1240. The van der Waals surface area contributed by atoms with Gasteiger partial charge < -0.3 is 31.8 Å². The summed E-state index contributed by atoms with van der Waals surface area (Å²) in [5.41, 5.74) is 8.64. The van der Waals surface area contributed by atoms with Crippen molar-refractivity contribution in [2.24, 2.45) is 11.7 Å². The van der Waals surface area contributed by atoms with Crippen LogP contribution in [0.2, 0.25) is 0 Å². The number of aromatic nitrogens is 1. The zero-order valence-corrected chi connectivity index (χ0v) is 20.9. The van der Waals surface area contributed by atoms with Crippen LogP contribution < -0.4 is 21.7 Å². The van der Waals surface area contributed by atoms with Crippen molar-refractivity contribution < 1.29 is 24.3 Å². The summed E-state index contributed by atoms with van der Waals surface area (Å²) < 4.78 is 0. The summed E-state index contributed by atoms with van der Waals surface area (Å²) in [5, 5.41) is 18.1. The molecule has 0 spiro atoms. The van der Waals surface area contributed by atoms with Crippen LogP contribution in [0.3, 0.4) is 0 Å². The Morgan fingerprint density at radius 1 is 0.919 bits per heavy atom. The lowest BCUT2D eigenvalue weighted by Crippen LogP contribution is -2.56. The summed E-state index contributed by atoms with van der Waals surface area (Å²) in [6.07, 6.45) is 2.19. The van der Waals surface area contributed by atoms with Crippen molar-refractivity contribution in [3.05, 3.63) is 71.9 Å². The molecule has 1 heterocycles. The summed E-state index contributed by atoms with van der Waals surface area (Å²) in [6.45, 7) is 3.09. The van der Waals surface area contributed by atoms with Gasteiger partial charge in [-0.3, -0.25) is 14.4 Å². The maximum atomic E-state index is 12.9. The Labute approximate surface area is 215 Å². The molecule has 0 aliphatic heterocycles. The molecular weight excluding hydrogens is 474 g/mol. The van der Waals surface area contributed by atoms with Gasteiger partial charge in [-0.2, -0.15) is 0 Å². The van der Waals surface area contributed by atoms with Crippen LogP contribution in [0.5, 0.6) is 0 Å². The van der Waals surface area contributed by atoms with Crippen LogP contribution in [-0.4, -0.2) is 58.5 Å². The number of nitrogens with one attached hydrogen (secondary N) is 4. The lowest BCUT2D eigenvalue weighted by atomic mass is 10.0. The third-order valence-electron chi connectivity index (χ3n) is 6.04. The number of carbonyl (C=O) groups is 4. The van der Waals surface area contributed by atoms with Gasteiger partial charge >= 0.3 is 5.97 Å². The van der Waals surface area contributed by atoms with Crippen LogP contribution >= 0.6 is 0 Å². The Morgan fingerprint density at radius 3 is 2.27 bits per heavy atom. The molecule has 7 N–H and O–H groups in total. The highest BCUT2D eigenvalue weighted by Crippen LogP contribution is 2.18. The standard InChI is InChI=1S/C27H33N5O5/c1-16(2)24(26(35)31-22(27(36)37)12-17-8-4-3-5-9-17)32-23(33)15-30-25(34)20(28)13-18-14-29-21-11-7-6-10-19(18)21/h3-11,14,16,20,22,24,29H,12-13,15,28H2,1-2H3,(H,30,34)(H,31,35)(H,32,33)(H,36,37). The van der Waals surface area contributed by atoms with Crippen LogP contribution in [-0.2, 0) is 32.0 Å². The van der Waals surface area contributed by atoms with Crippen molar-refractivity contribution >= 4 is 34.6 Å². The van der Waals surface area contributed by atoms with Gasteiger partial charge in [0, 0.05) is 23.5 Å². The van der Waals surface area contributed by atoms with Gasteiger partial charge in [-0.25, -0.2) is 4.79 Å². The van der Waals surface area contributed by atoms with Crippen LogP contribution in [0, 0.1) is 5.92 Å². The third-order valence-corrected chi connectivity index (χ3v) is 6.04. The number of aromatic amines is 1. The predicted molar refractivity (Wildman–Crippen MR) is 139 cm³/mol. The van der Waals surface area contributed by atoms with Crippen LogP contribution in [0.25, 0.3) is 10.9 Å². The molecule has 37 heavy (non-hydrogen) atoms. The van der Waals surface area contributed by atoms with Crippen molar-refractivity contribution in [3.8, 4) is 0 Å². The van der Waals surface area contributed by atoms with E-state index < -0.39 is 41.8 Å². The van der Waals surface area contributed by atoms with Gasteiger partial charge in [-0.05, 0) is 29.5 Å². The van der Waals surface area contributed by atoms with Crippen LogP contribution in [0.1, 0.15) is 25.0 Å². The van der Waals surface area contributed by atoms with E-state index in [2.05, 4.69) is 20.9 Å². The van der Waals surface area contributed by atoms with Gasteiger partial charge in [0.05, 0.1) is 12.6 Å². The number of fused-ring (bicyclic) bond motifs is 1. The van der Waals surface area contributed by atoms with Crippen molar-refractivity contribution in [2.45, 2.75) is 44.8 Å². The number of para-hydroxylation sites is 1. The molecule has 10 heteroatoms. The molecule has 0 aliphatic carbocycles. The quantitative estimate of drug-likeness (QED) is 0.215. The molecule has 10 nitrogen and oxygen atoms in total. The van der Waals surface area contributed by atoms with Crippen LogP contribution in [0.15, 0.2) is 60.8 Å². The maximum absolute atomic E-state index is 12.9. The molecule has 196 valence electrons. The van der Waals surface area contributed by atoms with Crippen molar-refractivity contribution in [1.82, 2.24) is 20.9 Å². The number of amides is 3. The average Bonchev–Trinajstić information content (AvgIpc) is 3.28. The minimum absolute atomic E-state index is 0.102. The fourth-order valence-corrected chi connectivity index (χ4v) is 4.00. The van der Waals surface area contributed by atoms with Gasteiger partial charge in [0.1, 0.15) is 12.1 Å². The van der Waals surface area contributed by atoms with E-state index in [1.807, 2.05) is 30.3 Å². The molecule has 3 rings (SSSR count). The fourth-order valence-electron chi connectivity index (χ4n) is 4.00. The largest absolute Gasteiger partial charge is 0.480 e. The number of hydrogen-bond donors (Lipinski definition) is 6. The number of carboxylic acids is 1. The minimum Gasteiger partial charge on any atom is -0.480 e. The first-order valence-corrected chi connectivity index (χ1v) is 12.1. The van der Waals surface area contributed by atoms with E-state index in [1.165, 1.54) is 0 Å². The van der Waals surface area contributed by atoms with Gasteiger partial charge in [0.15, 0.2) is 0 Å². The number of hydrogen-bond acceptors (Lipinski definition) is 5. The molecule has 3 unspecified atom stereocenters. The highest BCUT2D eigenvalue weighted by atomic mass is 16.4. The second-order valence-electron chi connectivity index (χ2n) is 9.27. The third kappa shape index (κ3) is 7.65. The molecule has 3 atom stereocenters. The van der Waals surface area contributed by atoms with E-state index in [9.17, 15) is 24.3 Å². The molecule has 3 aromatic rings. The van der Waals surface area contributed by atoms with E-state index in [4.69, 9.17) is 5.73 Å². The summed E-state index contributed by atoms with van der Waals surface area (Å²) >= 11 is 0. The summed E-state index contributed by atoms with van der Waals surface area (Å²) in [4.78, 5) is 52.7. The number of rotatable bonds is 12. The van der Waals surface area contributed by atoms with Crippen molar-refractivity contribution in [2.75, 3.05) is 6.54 Å². The summed E-state index contributed by atoms with van der Waals surface area (Å²) in [5.74, 6) is -3.21. The number of aliphatic carboxylic acids is 1. The molecule has 1 aromatic heterocycles. The van der Waals surface area contributed by atoms with Gasteiger partial charge in [-0.15, -0.1) is 0 Å². The number of benzene rings is 2. The first-order chi connectivity index (χ1) is 17.7. The lowest BCUT2D eigenvalue weighted by Gasteiger charge is -2.24.